The SMILES string of the molecule is C/C(=C\[C@@H](O)[C@H](C)C(=O)N1C(=O)OC[C@@H]1Cc1ccccc1)CO[Si](c1ccccc1)(c1ccccc1)C(C)(C)C. The zero-order chi connectivity index (χ0) is 29.6. The second-order valence-electron chi connectivity index (χ2n) is 11.9. The van der Waals surface area contributed by atoms with Crippen LogP contribution in [-0.2, 0) is 20.4 Å². The van der Waals surface area contributed by atoms with Crippen molar-refractivity contribution in [3.63, 3.8) is 0 Å². The first-order valence-electron chi connectivity index (χ1n) is 14.2. The van der Waals surface area contributed by atoms with Gasteiger partial charge in [0.05, 0.1) is 24.7 Å². The summed E-state index contributed by atoms with van der Waals surface area (Å²) in [5.41, 5.74) is 1.83. The van der Waals surface area contributed by atoms with Gasteiger partial charge in [0.15, 0.2) is 0 Å². The maximum Gasteiger partial charge on any atom is 0.416 e. The number of benzene rings is 3. The molecule has 0 saturated carbocycles. The fraction of sp³-hybridized carbons (Fsp3) is 0.353. The number of hydrogen-bond acceptors (Lipinski definition) is 5. The fourth-order valence-corrected chi connectivity index (χ4v) is 10.2. The Morgan fingerprint density at radius 2 is 1.51 bits per heavy atom. The summed E-state index contributed by atoms with van der Waals surface area (Å²) in [4.78, 5) is 27.1. The van der Waals surface area contributed by atoms with Crippen LogP contribution >= 0.6 is 0 Å². The molecule has 2 amide bonds. The number of carbonyl (C=O) groups is 2. The number of hydrogen-bond donors (Lipinski definition) is 1. The highest BCUT2D eigenvalue weighted by molar-refractivity contribution is 6.99. The Bertz CT molecular complexity index is 1300. The van der Waals surface area contributed by atoms with E-state index in [-0.39, 0.29) is 11.6 Å². The van der Waals surface area contributed by atoms with Crippen LogP contribution in [0.25, 0.3) is 0 Å². The Morgan fingerprint density at radius 1 is 1.00 bits per heavy atom. The van der Waals surface area contributed by atoms with E-state index < -0.39 is 38.4 Å². The third-order valence-electron chi connectivity index (χ3n) is 7.80. The van der Waals surface area contributed by atoms with Gasteiger partial charge in [0.1, 0.15) is 6.61 Å². The molecule has 7 heteroatoms. The van der Waals surface area contributed by atoms with Crippen molar-refractivity contribution in [3.05, 3.63) is 108 Å². The third kappa shape index (κ3) is 6.69. The molecule has 1 aliphatic heterocycles. The molecule has 3 aromatic rings. The highest BCUT2D eigenvalue weighted by atomic mass is 28.4. The number of nitrogens with zero attached hydrogens (tertiary/aromatic N) is 1. The summed E-state index contributed by atoms with van der Waals surface area (Å²) in [5.74, 6) is -1.28. The smallest absolute Gasteiger partial charge is 0.416 e. The van der Waals surface area contributed by atoms with E-state index in [1.807, 2.05) is 73.7 Å². The van der Waals surface area contributed by atoms with Gasteiger partial charge in [0.25, 0.3) is 8.32 Å². The Kier molecular flexibility index (Phi) is 9.63. The summed E-state index contributed by atoms with van der Waals surface area (Å²) in [6.07, 6.45) is 0.428. The number of rotatable bonds is 10. The quantitative estimate of drug-likeness (QED) is 0.271. The zero-order valence-electron chi connectivity index (χ0n) is 24.6. The minimum atomic E-state index is -2.75. The van der Waals surface area contributed by atoms with Gasteiger partial charge in [-0.2, -0.15) is 0 Å². The van der Waals surface area contributed by atoms with E-state index in [1.165, 1.54) is 15.3 Å². The average molecular weight is 572 g/mol. The van der Waals surface area contributed by atoms with Gasteiger partial charge in [-0.1, -0.05) is 130 Å². The van der Waals surface area contributed by atoms with Crippen LogP contribution in [-0.4, -0.2) is 55.7 Å². The number of aliphatic hydroxyl groups excluding tert-OH is 1. The van der Waals surface area contributed by atoms with E-state index in [1.54, 1.807) is 13.0 Å². The van der Waals surface area contributed by atoms with Gasteiger partial charge >= 0.3 is 6.09 Å². The van der Waals surface area contributed by atoms with Gasteiger partial charge in [-0.25, -0.2) is 9.69 Å². The minimum Gasteiger partial charge on any atom is -0.447 e. The van der Waals surface area contributed by atoms with Crippen LogP contribution in [0, 0.1) is 5.92 Å². The zero-order valence-corrected chi connectivity index (χ0v) is 25.6. The van der Waals surface area contributed by atoms with Crippen LogP contribution in [0.1, 0.15) is 40.2 Å². The molecule has 216 valence electrons. The molecule has 1 aliphatic rings. The van der Waals surface area contributed by atoms with E-state index in [0.717, 1.165) is 11.1 Å². The van der Waals surface area contributed by atoms with Crippen LogP contribution in [0.5, 0.6) is 0 Å². The summed E-state index contributed by atoms with van der Waals surface area (Å²) in [7, 11) is -2.75. The van der Waals surface area contributed by atoms with Gasteiger partial charge in [-0.05, 0) is 34.3 Å². The standard InChI is InChI=1S/C34H41NO5Si/c1-25(23-40-41(34(3,4)5,29-17-11-7-12-18-29)30-19-13-8-14-20-30)21-31(36)26(2)32(37)35-28(24-39-33(35)38)22-27-15-9-6-10-16-27/h6-21,26,28,31,36H,22-24H2,1-5H3/b25-21+/t26-,28-,31+/m0/s1. The van der Waals surface area contributed by atoms with Crippen LogP contribution in [0.3, 0.4) is 0 Å². The van der Waals surface area contributed by atoms with Crippen molar-refractivity contribution >= 4 is 30.7 Å². The maximum atomic E-state index is 13.4. The highest BCUT2D eigenvalue weighted by Crippen LogP contribution is 2.37. The molecular weight excluding hydrogens is 530 g/mol. The van der Waals surface area contributed by atoms with Gasteiger partial charge in [-0.3, -0.25) is 4.79 Å². The lowest BCUT2D eigenvalue weighted by Crippen LogP contribution is -2.66. The first kappa shape index (κ1) is 30.4. The molecule has 0 aromatic heterocycles. The van der Waals surface area contributed by atoms with Crippen molar-refractivity contribution in [2.24, 2.45) is 5.92 Å². The van der Waals surface area contributed by atoms with Gasteiger partial charge in [0, 0.05) is 0 Å². The molecule has 0 aliphatic carbocycles. The molecule has 3 atom stereocenters. The molecule has 1 saturated heterocycles. The van der Waals surface area contributed by atoms with E-state index in [9.17, 15) is 14.7 Å². The van der Waals surface area contributed by atoms with Crippen molar-refractivity contribution in [3.8, 4) is 0 Å². The van der Waals surface area contributed by atoms with Crippen LogP contribution < -0.4 is 10.4 Å². The number of imide groups is 1. The predicted octanol–water partition coefficient (Wildman–Crippen LogP) is 5.10. The summed E-state index contributed by atoms with van der Waals surface area (Å²) in [5, 5.41) is 13.3. The molecular formula is C34H41NO5Si. The number of aliphatic hydroxyl groups is 1. The Labute approximate surface area is 244 Å². The summed E-state index contributed by atoms with van der Waals surface area (Å²) < 4.78 is 12.2. The van der Waals surface area contributed by atoms with Crippen molar-refractivity contribution in [1.29, 1.82) is 0 Å². The van der Waals surface area contributed by atoms with Crippen LogP contribution in [0.2, 0.25) is 5.04 Å². The van der Waals surface area contributed by atoms with Crippen LogP contribution in [0.15, 0.2) is 103 Å². The lowest BCUT2D eigenvalue weighted by atomic mass is 9.99. The number of amides is 2. The topological polar surface area (TPSA) is 76.1 Å². The number of ether oxygens (including phenoxy) is 1. The molecule has 4 rings (SSSR count). The molecule has 0 radical (unpaired) electrons. The molecule has 3 aromatic carbocycles. The van der Waals surface area contributed by atoms with Gasteiger partial charge in [0.2, 0.25) is 5.91 Å². The van der Waals surface area contributed by atoms with Crippen molar-refractivity contribution in [2.75, 3.05) is 13.2 Å². The third-order valence-corrected chi connectivity index (χ3v) is 12.8. The number of carbonyl (C=O) groups excluding carboxylic acids is 2. The molecule has 6 nitrogen and oxygen atoms in total. The Hall–Kier alpha value is -3.52. The van der Waals surface area contributed by atoms with Crippen LogP contribution in [0.4, 0.5) is 4.79 Å². The lowest BCUT2D eigenvalue weighted by Gasteiger charge is -2.43. The van der Waals surface area contributed by atoms with Crippen molar-refractivity contribution < 1.29 is 23.9 Å². The summed E-state index contributed by atoms with van der Waals surface area (Å²) >= 11 is 0. The molecule has 1 fully saturated rings. The van der Waals surface area contributed by atoms with Crippen molar-refractivity contribution in [2.45, 2.75) is 58.2 Å². The molecule has 0 spiro atoms. The molecule has 1 N–H and O–H groups in total. The first-order chi connectivity index (χ1) is 19.5. The van der Waals surface area contributed by atoms with E-state index >= 15 is 0 Å². The highest BCUT2D eigenvalue weighted by Gasteiger charge is 2.50. The average Bonchev–Trinajstić information content (AvgIpc) is 3.32. The maximum absolute atomic E-state index is 13.4. The number of cyclic esters (lactones) is 1. The van der Waals surface area contributed by atoms with Gasteiger partial charge in [-0.15, -0.1) is 0 Å². The summed E-state index contributed by atoms with van der Waals surface area (Å²) in [6, 6.07) is 30.0. The molecule has 41 heavy (non-hydrogen) atoms. The molecule has 0 bridgehead atoms. The van der Waals surface area contributed by atoms with Gasteiger partial charge < -0.3 is 14.3 Å². The Balaban J connectivity index is 1.52. The predicted molar refractivity (Wildman–Crippen MR) is 165 cm³/mol. The first-order valence-corrected chi connectivity index (χ1v) is 16.1. The van der Waals surface area contributed by atoms with E-state index in [0.29, 0.717) is 13.0 Å². The largest absolute Gasteiger partial charge is 0.447 e. The second-order valence-corrected chi connectivity index (χ2v) is 16.2. The normalized spacial score (nSPS) is 17.7. The van der Waals surface area contributed by atoms with Crippen molar-refractivity contribution in [1.82, 2.24) is 4.90 Å². The van der Waals surface area contributed by atoms with E-state index in [2.05, 4.69) is 45.0 Å². The Morgan fingerprint density at radius 3 is 2.02 bits per heavy atom. The minimum absolute atomic E-state index is 0.142. The molecule has 1 heterocycles. The second kappa shape index (κ2) is 13.0. The lowest BCUT2D eigenvalue weighted by molar-refractivity contribution is -0.135. The van der Waals surface area contributed by atoms with E-state index in [4.69, 9.17) is 9.16 Å². The summed E-state index contributed by atoms with van der Waals surface area (Å²) in [6.45, 7) is 10.6. The monoisotopic (exact) mass is 571 g/mol. The molecule has 0 unspecified atom stereocenters. The fourth-order valence-electron chi connectivity index (χ4n) is 5.60.